The van der Waals surface area contributed by atoms with Crippen LogP contribution in [0.2, 0.25) is 0 Å². The molecule has 2 aromatic rings. The molecule has 2 aliphatic rings. The molecule has 1 amide bonds. The summed E-state index contributed by atoms with van der Waals surface area (Å²) in [5, 5.41) is 0. The van der Waals surface area contributed by atoms with E-state index < -0.39 is 0 Å². The zero-order valence-electron chi connectivity index (χ0n) is 16.4. The second-order valence-corrected chi connectivity index (χ2v) is 7.82. The van der Waals surface area contributed by atoms with Crippen LogP contribution in [-0.2, 0) is 0 Å². The Hall–Kier alpha value is -2.63. The smallest absolute Gasteiger partial charge is 0.272 e. The Morgan fingerprint density at radius 1 is 1.07 bits per heavy atom. The summed E-state index contributed by atoms with van der Waals surface area (Å²) in [6.07, 6.45) is 3.97. The Bertz CT molecular complexity index is 835. The van der Waals surface area contributed by atoms with Crippen molar-refractivity contribution in [1.82, 2.24) is 9.88 Å². The van der Waals surface area contributed by atoms with Crippen molar-refractivity contribution >= 4 is 17.3 Å². The summed E-state index contributed by atoms with van der Waals surface area (Å²) in [6, 6.07) is 10.8. The summed E-state index contributed by atoms with van der Waals surface area (Å²) >= 11 is 0. The van der Waals surface area contributed by atoms with Gasteiger partial charge >= 0.3 is 0 Å². The van der Waals surface area contributed by atoms with Gasteiger partial charge in [0.05, 0.1) is 5.69 Å². The van der Waals surface area contributed by atoms with Crippen molar-refractivity contribution in [3.8, 4) is 0 Å². The number of nitrogens with zero attached hydrogens (tertiary/aromatic N) is 4. The molecule has 4 rings (SSSR count). The summed E-state index contributed by atoms with van der Waals surface area (Å²) in [6.45, 7) is 6.88. The molecule has 2 aliphatic heterocycles. The van der Waals surface area contributed by atoms with E-state index in [1.54, 1.807) is 12.3 Å². The number of piperidine rings is 1. The van der Waals surface area contributed by atoms with Crippen molar-refractivity contribution < 1.29 is 9.18 Å². The summed E-state index contributed by atoms with van der Waals surface area (Å²) in [5.74, 6) is 0.397. The topological polar surface area (TPSA) is 39.7 Å². The molecule has 5 nitrogen and oxygen atoms in total. The largest absolute Gasteiger partial charge is 0.368 e. The second-order valence-electron chi connectivity index (χ2n) is 7.82. The number of halogens is 1. The van der Waals surface area contributed by atoms with Gasteiger partial charge in [-0.15, -0.1) is 0 Å². The van der Waals surface area contributed by atoms with Crippen LogP contribution in [0.3, 0.4) is 0 Å². The van der Waals surface area contributed by atoms with Gasteiger partial charge in [-0.2, -0.15) is 0 Å². The molecule has 1 aromatic heterocycles. The molecule has 6 heteroatoms. The first-order chi connectivity index (χ1) is 13.6. The Kier molecular flexibility index (Phi) is 5.46. The van der Waals surface area contributed by atoms with Crippen molar-refractivity contribution in [3.63, 3.8) is 0 Å². The van der Waals surface area contributed by atoms with Crippen LogP contribution in [-0.4, -0.2) is 55.1 Å². The average molecular weight is 382 g/mol. The van der Waals surface area contributed by atoms with E-state index in [1.165, 1.54) is 12.5 Å². The molecular weight excluding hydrogens is 355 g/mol. The van der Waals surface area contributed by atoms with Crippen molar-refractivity contribution in [2.24, 2.45) is 5.92 Å². The fourth-order valence-electron chi connectivity index (χ4n) is 4.18. The first-order valence-electron chi connectivity index (χ1n) is 10.1. The first-order valence-corrected chi connectivity index (χ1v) is 10.1. The number of rotatable bonds is 3. The number of para-hydroxylation sites is 1. The van der Waals surface area contributed by atoms with Gasteiger partial charge in [-0.1, -0.05) is 19.1 Å². The van der Waals surface area contributed by atoms with Crippen LogP contribution in [0.15, 0.2) is 42.6 Å². The Morgan fingerprint density at radius 2 is 1.82 bits per heavy atom. The van der Waals surface area contributed by atoms with Crippen molar-refractivity contribution in [1.29, 1.82) is 0 Å². The summed E-state index contributed by atoms with van der Waals surface area (Å²) in [5.41, 5.74) is 2.19. The van der Waals surface area contributed by atoms with Crippen molar-refractivity contribution in [3.05, 3.63) is 54.1 Å². The van der Waals surface area contributed by atoms with Crippen LogP contribution in [0.5, 0.6) is 0 Å². The number of carbonyl (C=O) groups is 1. The lowest BCUT2D eigenvalue weighted by Crippen LogP contribution is -2.47. The number of aromatic nitrogens is 1. The fraction of sp³-hybridized carbons (Fsp3) is 0.455. The fourth-order valence-corrected chi connectivity index (χ4v) is 4.18. The monoisotopic (exact) mass is 382 g/mol. The molecule has 1 aromatic carbocycles. The van der Waals surface area contributed by atoms with Gasteiger partial charge in [0, 0.05) is 51.2 Å². The van der Waals surface area contributed by atoms with Crippen molar-refractivity contribution in [2.75, 3.05) is 49.1 Å². The number of amides is 1. The Morgan fingerprint density at radius 3 is 2.57 bits per heavy atom. The van der Waals surface area contributed by atoms with Crippen molar-refractivity contribution in [2.45, 2.75) is 19.8 Å². The van der Waals surface area contributed by atoms with E-state index in [0.29, 0.717) is 17.3 Å². The van der Waals surface area contributed by atoms with Gasteiger partial charge in [0.15, 0.2) is 0 Å². The number of anilines is 2. The summed E-state index contributed by atoms with van der Waals surface area (Å²) in [7, 11) is 0. The molecule has 2 fully saturated rings. The third kappa shape index (κ3) is 3.96. The van der Waals surface area contributed by atoms with E-state index in [0.717, 1.165) is 51.4 Å². The van der Waals surface area contributed by atoms with Gasteiger partial charge in [0.2, 0.25) is 0 Å². The highest BCUT2D eigenvalue weighted by Gasteiger charge is 2.24. The number of carbonyl (C=O) groups excluding carboxylic acids is 1. The Balaban J connectivity index is 1.42. The highest BCUT2D eigenvalue weighted by molar-refractivity contribution is 5.93. The van der Waals surface area contributed by atoms with Crippen LogP contribution >= 0.6 is 0 Å². The zero-order valence-corrected chi connectivity index (χ0v) is 16.4. The van der Waals surface area contributed by atoms with E-state index in [9.17, 15) is 9.18 Å². The maximum Gasteiger partial charge on any atom is 0.272 e. The molecule has 3 heterocycles. The molecule has 1 unspecified atom stereocenters. The lowest BCUT2D eigenvalue weighted by molar-refractivity contribution is 0.0677. The molecule has 28 heavy (non-hydrogen) atoms. The normalized spacial score (nSPS) is 20.4. The minimum Gasteiger partial charge on any atom is -0.368 e. The highest BCUT2D eigenvalue weighted by atomic mass is 19.1. The van der Waals surface area contributed by atoms with Gasteiger partial charge in [-0.25, -0.2) is 4.39 Å². The van der Waals surface area contributed by atoms with Crippen LogP contribution in [0.4, 0.5) is 15.8 Å². The van der Waals surface area contributed by atoms with Crippen LogP contribution in [0, 0.1) is 11.7 Å². The zero-order chi connectivity index (χ0) is 19.5. The SMILES string of the molecule is CC1CCCN(C(=O)c2cc(N3CCN(c4ccccc4F)CC3)ccn2)C1. The van der Waals surface area contributed by atoms with Gasteiger partial charge in [-0.3, -0.25) is 9.78 Å². The van der Waals surface area contributed by atoms with Gasteiger partial charge in [0.1, 0.15) is 11.5 Å². The summed E-state index contributed by atoms with van der Waals surface area (Å²) < 4.78 is 14.0. The first kappa shape index (κ1) is 18.7. The molecule has 0 N–H and O–H groups in total. The number of pyridine rings is 1. The van der Waals surface area contributed by atoms with Crippen LogP contribution in [0.1, 0.15) is 30.3 Å². The molecule has 148 valence electrons. The van der Waals surface area contributed by atoms with Crippen LogP contribution < -0.4 is 9.80 Å². The van der Waals surface area contributed by atoms with Gasteiger partial charge in [0.25, 0.3) is 5.91 Å². The predicted octanol–water partition coefficient (Wildman–Crippen LogP) is 3.42. The molecule has 0 saturated carbocycles. The molecule has 0 spiro atoms. The quantitative estimate of drug-likeness (QED) is 0.816. The Labute approximate surface area is 165 Å². The maximum absolute atomic E-state index is 14.0. The van der Waals surface area contributed by atoms with Gasteiger partial charge < -0.3 is 14.7 Å². The van der Waals surface area contributed by atoms with E-state index in [1.807, 2.05) is 29.2 Å². The molecule has 0 bridgehead atoms. The third-order valence-electron chi connectivity index (χ3n) is 5.74. The molecule has 2 saturated heterocycles. The average Bonchev–Trinajstić information content (AvgIpc) is 2.74. The molecular formula is C22H27FN4O. The third-order valence-corrected chi connectivity index (χ3v) is 5.74. The van der Waals surface area contributed by atoms with E-state index in [4.69, 9.17) is 0 Å². The molecule has 1 atom stereocenters. The predicted molar refractivity (Wildman–Crippen MR) is 109 cm³/mol. The number of benzene rings is 1. The van der Waals surface area contributed by atoms with E-state index in [2.05, 4.69) is 21.7 Å². The number of piperazine rings is 1. The molecule has 0 radical (unpaired) electrons. The number of hydrogen-bond acceptors (Lipinski definition) is 4. The number of hydrogen-bond donors (Lipinski definition) is 0. The molecule has 0 aliphatic carbocycles. The second kappa shape index (κ2) is 8.17. The minimum absolute atomic E-state index is 0.0263. The van der Waals surface area contributed by atoms with E-state index in [-0.39, 0.29) is 11.7 Å². The lowest BCUT2D eigenvalue weighted by atomic mass is 10.00. The highest BCUT2D eigenvalue weighted by Crippen LogP contribution is 2.24. The number of likely N-dealkylation sites (tertiary alicyclic amines) is 1. The van der Waals surface area contributed by atoms with Gasteiger partial charge in [-0.05, 0) is 43.0 Å². The lowest BCUT2D eigenvalue weighted by Gasteiger charge is -2.37. The maximum atomic E-state index is 14.0. The minimum atomic E-state index is -0.177. The standard InChI is InChI=1S/C22H27FN4O/c1-17-5-4-10-27(16-17)22(28)20-15-18(8-9-24-20)25-11-13-26(14-12-25)21-7-3-2-6-19(21)23/h2-3,6-9,15,17H,4-5,10-14,16H2,1H3. The van der Waals surface area contributed by atoms with Crippen LogP contribution in [0.25, 0.3) is 0 Å². The summed E-state index contributed by atoms with van der Waals surface area (Å²) in [4.78, 5) is 23.4. The van der Waals surface area contributed by atoms with E-state index >= 15 is 0 Å².